The fraction of sp³-hybridized carbons (Fsp3) is 0.462. The molecule has 190 valence electrons. The number of anilines is 2. The first-order valence-corrected chi connectivity index (χ1v) is 12.5. The minimum Gasteiger partial charge on any atom is -0.379 e. The third-order valence-corrected chi connectivity index (χ3v) is 7.53. The van der Waals surface area contributed by atoms with Crippen LogP contribution >= 0.6 is 0 Å². The van der Waals surface area contributed by atoms with Gasteiger partial charge in [-0.25, -0.2) is 4.39 Å². The van der Waals surface area contributed by atoms with Gasteiger partial charge in [0.1, 0.15) is 11.9 Å². The van der Waals surface area contributed by atoms with E-state index >= 15 is 0 Å². The third kappa shape index (κ3) is 4.19. The van der Waals surface area contributed by atoms with E-state index in [1.807, 2.05) is 17.9 Å². The molecule has 2 amide bonds. The molecule has 2 saturated heterocycles. The number of fused-ring (bicyclic) bond motifs is 3. The second kappa shape index (κ2) is 9.34. The smallest absolute Gasteiger partial charge is 0.256 e. The van der Waals surface area contributed by atoms with E-state index in [1.54, 1.807) is 0 Å². The van der Waals surface area contributed by atoms with Crippen molar-refractivity contribution in [1.82, 2.24) is 14.8 Å². The van der Waals surface area contributed by atoms with Crippen LogP contribution in [0, 0.1) is 12.7 Å². The van der Waals surface area contributed by atoms with Crippen molar-refractivity contribution in [3.8, 4) is 0 Å². The Bertz CT molecular complexity index is 1240. The topological polar surface area (TPSA) is 102 Å². The first-order chi connectivity index (χ1) is 17.5. The van der Waals surface area contributed by atoms with Gasteiger partial charge in [-0.2, -0.15) is 0 Å². The molecule has 0 bridgehead atoms. The van der Waals surface area contributed by atoms with Crippen LogP contribution < -0.4 is 10.6 Å². The molecule has 0 radical (unpaired) electrons. The Morgan fingerprint density at radius 1 is 1.22 bits per heavy atom. The molecule has 4 aliphatic rings. The molecule has 1 aromatic carbocycles. The molecule has 5 heterocycles. The lowest BCUT2D eigenvalue weighted by Gasteiger charge is -2.29. The van der Waals surface area contributed by atoms with Crippen molar-refractivity contribution in [3.05, 3.63) is 46.0 Å². The number of ether oxygens (including phenoxy) is 2. The highest BCUT2D eigenvalue weighted by Crippen LogP contribution is 2.48. The van der Waals surface area contributed by atoms with Crippen LogP contribution in [0.1, 0.15) is 39.3 Å². The van der Waals surface area contributed by atoms with E-state index < -0.39 is 5.82 Å². The van der Waals surface area contributed by atoms with Gasteiger partial charge in [0.15, 0.2) is 6.23 Å². The number of nitrogens with one attached hydrogen (secondary N) is 3. The van der Waals surface area contributed by atoms with Gasteiger partial charge in [-0.05, 0) is 49.1 Å². The summed E-state index contributed by atoms with van der Waals surface area (Å²) in [6, 6.07) is 2.73. The molecule has 2 fully saturated rings. The molecule has 36 heavy (non-hydrogen) atoms. The Hall–Kier alpha value is -3.21. The summed E-state index contributed by atoms with van der Waals surface area (Å²) in [7, 11) is 0. The monoisotopic (exact) mass is 495 g/mol. The maximum Gasteiger partial charge on any atom is 0.256 e. The molecule has 1 aromatic heterocycles. The highest BCUT2D eigenvalue weighted by Gasteiger charge is 2.47. The molecule has 6 rings (SSSR count). The Morgan fingerprint density at radius 3 is 2.86 bits per heavy atom. The fourth-order valence-corrected chi connectivity index (χ4v) is 5.54. The van der Waals surface area contributed by atoms with Gasteiger partial charge in [0, 0.05) is 49.7 Å². The minimum absolute atomic E-state index is 0.0592. The highest BCUT2D eigenvalue weighted by molar-refractivity contribution is 6.01. The summed E-state index contributed by atoms with van der Waals surface area (Å²) >= 11 is 0. The molecule has 3 N–H and O–H groups in total. The van der Waals surface area contributed by atoms with E-state index in [-0.39, 0.29) is 18.2 Å². The van der Waals surface area contributed by atoms with Gasteiger partial charge in [0.05, 0.1) is 30.2 Å². The van der Waals surface area contributed by atoms with E-state index in [4.69, 9.17) is 9.47 Å². The molecule has 2 aromatic rings. The predicted octanol–water partition coefficient (Wildman–Crippen LogP) is 2.44. The van der Waals surface area contributed by atoms with Crippen LogP contribution in [0.3, 0.4) is 0 Å². The average Bonchev–Trinajstić information content (AvgIpc) is 3.61. The predicted molar refractivity (Wildman–Crippen MR) is 133 cm³/mol. The number of aryl methyl sites for hydroxylation is 1. The van der Waals surface area contributed by atoms with Crippen molar-refractivity contribution in [2.75, 3.05) is 56.6 Å². The number of aromatic amines is 1. The fourth-order valence-electron chi connectivity index (χ4n) is 5.54. The summed E-state index contributed by atoms with van der Waals surface area (Å²) < 4.78 is 25.6. The maximum atomic E-state index is 14.4. The number of carbonyl (C=O) groups is 2. The van der Waals surface area contributed by atoms with E-state index in [0.717, 1.165) is 80.3 Å². The largest absolute Gasteiger partial charge is 0.379 e. The SMILES string of the molecule is Cc1c(/C=C2/c3cc(F)cc(NC=O)c3NC3OC23)[nH]c2c1C(=O)N(CCN1CCOCC1)CCC2. The number of hydrogen-bond donors (Lipinski definition) is 3. The number of aromatic nitrogens is 1. The Balaban J connectivity index is 1.30. The highest BCUT2D eigenvalue weighted by atomic mass is 19.1. The summed E-state index contributed by atoms with van der Waals surface area (Å²) in [5.74, 6) is -0.390. The van der Waals surface area contributed by atoms with Crippen molar-refractivity contribution in [1.29, 1.82) is 0 Å². The number of hydrogen-bond acceptors (Lipinski definition) is 6. The molecule has 4 aliphatic heterocycles. The van der Waals surface area contributed by atoms with Crippen LogP contribution in [-0.2, 0) is 20.7 Å². The van der Waals surface area contributed by atoms with E-state index in [1.165, 1.54) is 12.1 Å². The van der Waals surface area contributed by atoms with Crippen LogP contribution in [0.2, 0.25) is 0 Å². The third-order valence-electron chi connectivity index (χ3n) is 7.53. The van der Waals surface area contributed by atoms with Gasteiger partial charge in [-0.1, -0.05) is 0 Å². The lowest BCUT2D eigenvalue weighted by molar-refractivity contribution is -0.105. The molecular formula is C26H30FN5O4. The Morgan fingerprint density at radius 2 is 2.06 bits per heavy atom. The first kappa shape index (κ1) is 23.2. The number of nitrogens with zero attached hydrogens (tertiary/aromatic N) is 2. The zero-order valence-corrected chi connectivity index (χ0v) is 20.2. The van der Waals surface area contributed by atoms with Crippen LogP contribution in [0.25, 0.3) is 11.6 Å². The van der Waals surface area contributed by atoms with Gasteiger partial charge in [0.25, 0.3) is 5.91 Å². The lowest BCUT2D eigenvalue weighted by Crippen LogP contribution is -2.43. The van der Waals surface area contributed by atoms with Crippen molar-refractivity contribution >= 4 is 35.3 Å². The number of halogens is 1. The van der Waals surface area contributed by atoms with E-state index in [2.05, 4.69) is 20.5 Å². The summed E-state index contributed by atoms with van der Waals surface area (Å²) in [5.41, 5.74) is 5.86. The number of amides is 2. The zero-order chi connectivity index (χ0) is 24.8. The first-order valence-electron chi connectivity index (χ1n) is 12.5. The number of rotatable bonds is 6. The van der Waals surface area contributed by atoms with Gasteiger partial charge in [-0.15, -0.1) is 0 Å². The molecule has 2 atom stereocenters. The van der Waals surface area contributed by atoms with E-state index in [0.29, 0.717) is 29.9 Å². The van der Waals surface area contributed by atoms with Crippen LogP contribution in [-0.4, -0.2) is 85.4 Å². The van der Waals surface area contributed by atoms with Crippen LogP contribution in [0.15, 0.2) is 12.1 Å². The maximum absolute atomic E-state index is 14.4. The number of morpholine rings is 1. The number of H-pyrrole nitrogens is 1. The van der Waals surface area contributed by atoms with Gasteiger partial charge >= 0.3 is 0 Å². The zero-order valence-electron chi connectivity index (χ0n) is 20.2. The normalized spacial score (nSPS) is 24.4. The second-order valence-corrected chi connectivity index (χ2v) is 9.73. The van der Waals surface area contributed by atoms with Crippen molar-refractivity contribution < 1.29 is 23.5 Å². The second-order valence-electron chi connectivity index (χ2n) is 9.73. The average molecular weight is 496 g/mol. The summed E-state index contributed by atoms with van der Waals surface area (Å²) in [6.07, 6.45) is 3.73. The summed E-state index contributed by atoms with van der Waals surface area (Å²) in [5, 5.41) is 5.79. The Labute approximate surface area is 208 Å². The molecule has 0 saturated carbocycles. The number of benzene rings is 1. The lowest BCUT2D eigenvalue weighted by atomic mass is 9.94. The number of carbonyl (C=O) groups excluding carboxylic acids is 2. The van der Waals surface area contributed by atoms with Crippen molar-refractivity contribution in [3.63, 3.8) is 0 Å². The van der Waals surface area contributed by atoms with Crippen LogP contribution in [0.5, 0.6) is 0 Å². The van der Waals surface area contributed by atoms with Gasteiger partial charge in [0.2, 0.25) is 6.41 Å². The molecule has 0 spiro atoms. The number of epoxide rings is 1. The Kier molecular flexibility index (Phi) is 6.02. The molecule has 0 aliphatic carbocycles. The molecule has 2 unspecified atom stereocenters. The molecular weight excluding hydrogens is 465 g/mol. The quantitative estimate of drug-likeness (QED) is 0.420. The van der Waals surface area contributed by atoms with Crippen LogP contribution in [0.4, 0.5) is 15.8 Å². The summed E-state index contributed by atoms with van der Waals surface area (Å²) in [6.45, 7) is 7.54. The minimum atomic E-state index is -0.449. The molecule has 9 nitrogen and oxygen atoms in total. The molecule has 10 heteroatoms. The van der Waals surface area contributed by atoms with Crippen molar-refractivity contribution in [2.45, 2.75) is 32.1 Å². The van der Waals surface area contributed by atoms with Gasteiger partial charge in [-0.3, -0.25) is 14.5 Å². The van der Waals surface area contributed by atoms with E-state index in [9.17, 15) is 14.0 Å². The van der Waals surface area contributed by atoms with Gasteiger partial charge < -0.3 is 30.0 Å². The standard InChI is InChI=1S/C26H30FN5O4/c1-15-20(13-18-17-11-16(27)12-21(28-14-33)23(17)30-25-24(18)36-25)29-19-3-2-4-32(26(34)22(15)19)6-5-31-7-9-35-10-8-31/h11-14,24-25,29-30H,2-10H2,1H3,(H,28,33)/b18-13-. The van der Waals surface area contributed by atoms with Crippen molar-refractivity contribution in [2.24, 2.45) is 0 Å². The summed E-state index contributed by atoms with van der Waals surface area (Å²) in [4.78, 5) is 32.4.